The molecular formula is C49H41N. The van der Waals surface area contributed by atoms with Gasteiger partial charge in [-0.2, -0.15) is 0 Å². The van der Waals surface area contributed by atoms with Crippen molar-refractivity contribution in [2.24, 2.45) is 0 Å². The first-order chi connectivity index (χ1) is 24.5. The summed E-state index contributed by atoms with van der Waals surface area (Å²) in [5, 5.41) is 2.52. The average molecular weight is 644 g/mol. The number of fused-ring (bicyclic) bond motifs is 9. The zero-order valence-corrected chi connectivity index (χ0v) is 28.9. The minimum atomic E-state index is -0.0601. The Morgan fingerprint density at radius 3 is 1.80 bits per heavy atom. The molecule has 0 bridgehead atoms. The molecule has 0 aromatic heterocycles. The van der Waals surface area contributed by atoms with Crippen molar-refractivity contribution in [3.8, 4) is 33.4 Å². The minimum absolute atomic E-state index is 0.0601. The van der Waals surface area contributed by atoms with Crippen LogP contribution in [0.1, 0.15) is 68.2 Å². The number of nitrogens with zero attached hydrogens (tertiary/aromatic N) is 1. The van der Waals surface area contributed by atoms with E-state index in [1.807, 2.05) is 0 Å². The normalized spacial score (nSPS) is 16.1. The Hall–Kier alpha value is -5.40. The van der Waals surface area contributed by atoms with Gasteiger partial charge in [-0.05, 0) is 116 Å². The van der Waals surface area contributed by atoms with E-state index in [1.165, 1.54) is 116 Å². The molecule has 0 atom stereocenters. The zero-order chi connectivity index (χ0) is 33.5. The maximum Gasteiger partial charge on any atom is 0.0468 e. The molecule has 0 heterocycles. The van der Waals surface area contributed by atoms with Crippen LogP contribution in [0.5, 0.6) is 0 Å². The van der Waals surface area contributed by atoms with E-state index in [-0.39, 0.29) is 10.8 Å². The smallest absolute Gasteiger partial charge is 0.0468 e. The molecule has 1 nitrogen and oxygen atoms in total. The van der Waals surface area contributed by atoms with Crippen LogP contribution in [-0.4, -0.2) is 0 Å². The lowest BCUT2D eigenvalue weighted by Crippen LogP contribution is -2.28. The second kappa shape index (κ2) is 11.1. The largest absolute Gasteiger partial charge is 0.310 e. The van der Waals surface area contributed by atoms with Crippen LogP contribution in [0.4, 0.5) is 17.1 Å². The van der Waals surface area contributed by atoms with Crippen molar-refractivity contribution in [1.29, 1.82) is 0 Å². The number of hydrogen-bond acceptors (Lipinski definition) is 1. The molecule has 0 radical (unpaired) electrons. The van der Waals surface area contributed by atoms with E-state index < -0.39 is 0 Å². The predicted molar refractivity (Wildman–Crippen MR) is 211 cm³/mol. The van der Waals surface area contributed by atoms with Crippen molar-refractivity contribution in [2.75, 3.05) is 4.90 Å². The zero-order valence-electron chi connectivity index (χ0n) is 28.9. The van der Waals surface area contributed by atoms with Gasteiger partial charge < -0.3 is 4.90 Å². The van der Waals surface area contributed by atoms with Gasteiger partial charge in [-0.3, -0.25) is 0 Å². The highest BCUT2D eigenvalue weighted by Gasteiger charge is 2.44. The maximum atomic E-state index is 2.54. The van der Waals surface area contributed by atoms with Gasteiger partial charge in [0.2, 0.25) is 0 Å². The highest BCUT2D eigenvalue weighted by Crippen LogP contribution is 2.57. The van der Waals surface area contributed by atoms with E-state index in [0.717, 1.165) is 0 Å². The van der Waals surface area contributed by atoms with Gasteiger partial charge in [-0.25, -0.2) is 0 Å². The molecule has 0 saturated heterocycles. The Balaban J connectivity index is 1.12. The summed E-state index contributed by atoms with van der Waals surface area (Å²) in [4.78, 5) is 2.48. The monoisotopic (exact) mass is 643 g/mol. The lowest BCUT2D eigenvalue weighted by Gasteiger charge is -2.36. The molecule has 7 aromatic carbocycles. The van der Waals surface area contributed by atoms with Crippen LogP contribution < -0.4 is 4.90 Å². The highest BCUT2D eigenvalue weighted by molar-refractivity contribution is 5.92. The number of anilines is 3. The van der Waals surface area contributed by atoms with Crippen molar-refractivity contribution >= 4 is 27.8 Å². The van der Waals surface area contributed by atoms with Crippen molar-refractivity contribution in [1.82, 2.24) is 0 Å². The van der Waals surface area contributed by atoms with E-state index >= 15 is 0 Å². The second-order valence-electron chi connectivity index (χ2n) is 15.2. The summed E-state index contributed by atoms with van der Waals surface area (Å²) in [5.74, 6) is 0. The fourth-order valence-corrected chi connectivity index (χ4v) is 9.92. The van der Waals surface area contributed by atoms with Crippen molar-refractivity contribution in [3.05, 3.63) is 174 Å². The van der Waals surface area contributed by atoms with E-state index in [2.05, 4.69) is 170 Å². The topological polar surface area (TPSA) is 3.24 Å². The molecule has 50 heavy (non-hydrogen) atoms. The van der Waals surface area contributed by atoms with Crippen molar-refractivity contribution in [2.45, 2.75) is 56.8 Å². The molecule has 0 aliphatic heterocycles. The summed E-state index contributed by atoms with van der Waals surface area (Å²) in [6.45, 7) is 4.75. The third-order valence-corrected chi connectivity index (χ3v) is 12.2. The molecule has 10 rings (SSSR count). The fraction of sp³-hybridized carbons (Fsp3) is 0.184. The molecule has 0 unspecified atom stereocenters. The minimum Gasteiger partial charge on any atom is -0.310 e. The highest BCUT2D eigenvalue weighted by atomic mass is 15.1. The van der Waals surface area contributed by atoms with Crippen LogP contribution in [0.15, 0.2) is 152 Å². The summed E-state index contributed by atoms with van der Waals surface area (Å²) in [6.07, 6.45) is 6.37. The lowest BCUT2D eigenvalue weighted by atomic mass is 9.68. The summed E-state index contributed by atoms with van der Waals surface area (Å²) >= 11 is 0. The summed E-state index contributed by atoms with van der Waals surface area (Å²) < 4.78 is 0. The quantitative estimate of drug-likeness (QED) is 0.184. The Bertz CT molecular complexity index is 2440. The van der Waals surface area contributed by atoms with Crippen molar-refractivity contribution in [3.63, 3.8) is 0 Å². The molecule has 7 aromatic rings. The molecule has 1 saturated carbocycles. The Morgan fingerprint density at radius 1 is 0.420 bits per heavy atom. The fourth-order valence-electron chi connectivity index (χ4n) is 9.92. The van der Waals surface area contributed by atoms with Crippen LogP contribution in [0.25, 0.3) is 44.2 Å². The molecule has 1 heteroatoms. The van der Waals surface area contributed by atoms with Gasteiger partial charge in [-0.15, -0.1) is 0 Å². The lowest BCUT2D eigenvalue weighted by molar-refractivity contribution is 0.353. The average Bonchev–Trinajstić information content (AvgIpc) is 3.57. The van der Waals surface area contributed by atoms with E-state index in [1.54, 1.807) is 0 Å². The van der Waals surface area contributed by atoms with Gasteiger partial charge in [-0.1, -0.05) is 148 Å². The summed E-state index contributed by atoms with van der Waals surface area (Å²) in [6, 6.07) is 57.2. The van der Waals surface area contributed by atoms with Crippen molar-refractivity contribution < 1.29 is 0 Å². The second-order valence-corrected chi connectivity index (χ2v) is 15.2. The summed E-state index contributed by atoms with van der Waals surface area (Å²) in [7, 11) is 0. The number of rotatable bonds is 4. The van der Waals surface area contributed by atoms with Gasteiger partial charge >= 0.3 is 0 Å². The Morgan fingerprint density at radius 2 is 1.00 bits per heavy atom. The van der Waals surface area contributed by atoms with Gasteiger partial charge in [0.05, 0.1) is 0 Å². The molecule has 3 aliphatic carbocycles. The Kier molecular flexibility index (Phi) is 6.52. The first-order valence-corrected chi connectivity index (χ1v) is 18.4. The molecule has 242 valence electrons. The van der Waals surface area contributed by atoms with Crippen LogP contribution in [0, 0.1) is 0 Å². The van der Waals surface area contributed by atoms with Gasteiger partial charge in [0.1, 0.15) is 0 Å². The van der Waals surface area contributed by atoms with Gasteiger partial charge in [0, 0.05) is 27.9 Å². The first-order valence-electron chi connectivity index (χ1n) is 18.4. The summed E-state index contributed by atoms with van der Waals surface area (Å²) in [5.41, 5.74) is 17.7. The van der Waals surface area contributed by atoms with Crippen LogP contribution in [-0.2, 0) is 10.8 Å². The maximum absolute atomic E-state index is 2.54. The van der Waals surface area contributed by atoms with Gasteiger partial charge in [0.25, 0.3) is 0 Å². The number of hydrogen-bond donors (Lipinski definition) is 0. The predicted octanol–water partition coefficient (Wildman–Crippen LogP) is 13.5. The molecule has 3 aliphatic rings. The number of benzene rings is 7. The van der Waals surface area contributed by atoms with Crippen LogP contribution in [0.3, 0.4) is 0 Å². The third-order valence-electron chi connectivity index (χ3n) is 12.2. The van der Waals surface area contributed by atoms with E-state index in [0.29, 0.717) is 0 Å². The van der Waals surface area contributed by atoms with E-state index in [9.17, 15) is 0 Å². The SMILES string of the molecule is CC1(C)c2ccccc2-c2cccc(-c3ccc(N(c4ccc5c(c4)C4(CCCCC4)c4ccccc4-5)c4ccc5ccccc5c4)cc3)c21. The molecular weight excluding hydrogens is 603 g/mol. The first kappa shape index (κ1) is 29.5. The van der Waals surface area contributed by atoms with E-state index in [4.69, 9.17) is 0 Å². The Labute approximate surface area is 295 Å². The molecule has 0 amide bonds. The third kappa shape index (κ3) is 4.26. The standard InChI is InChI=1S/C49H41N/c1-48(2)44-19-8-6-16-41(44)43-18-12-17-39(47(43)48)34-22-24-36(25-23-34)50(37-26-21-33-13-4-5-14-35(33)31-37)38-27-28-42-40-15-7-9-20-45(40)49(46(42)32-38)29-10-3-11-30-49/h4-9,12-28,31-32H,3,10-11,29-30H2,1-2H3. The van der Waals surface area contributed by atoms with Crippen LogP contribution >= 0.6 is 0 Å². The van der Waals surface area contributed by atoms with Crippen LogP contribution in [0.2, 0.25) is 0 Å². The molecule has 1 spiro atoms. The van der Waals surface area contributed by atoms with Gasteiger partial charge in [0.15, 0.2) is 0 Å². The molecule has 1 fully saturated rings. The molecule has 0 N–H and O–H groups in total.